The van der Waals surface area contributed by atoms with E-state index in [1.165, 1.54) is 17.7 Å². The van der Waals surface area contributed by atoms with E-state index < -0.39 is 0 Å². The lowest BCUT2D eigenvalue weighted by Crippen LogP contribution is -2.26. The van der Waals surface area contributed by atoms with Gasteiger partial charge in [0.2, 0.25) is 0 Å². The lowest BCUT2D eigenvalue weighted by Gasteiger charge is -2.14. The second-order valence-corrected chi connectivity index (χ2v) is 8.43. The maximum Gasteiger partial charge on any atom is 0.268 e. The standard InChI is InChI=1S/C19H15BrN8OS/c1-9-4-3-5-22-16(9)28-11(25-18-12(19(28)29)10(2)7-30-18)6-27-17-13(14(20)26-27)15(21)23-8-24-17/h3-5,7-8H,6H2,1-2H3,(H2,21,23,24). The maximum atomic E-state index is 13.5. The summed E-state index contributed by atoms with van der Waals surface area (Å²) in [4.78, 5) is 31.8. The van der Waals surface area contributed by atoms with Crippen LogP contribution < -0.4 is 11.3 Å². The van der Waals surface area contributed by atoms with E-state index in [0.29, 0.717) is 43.3 Å². The van der Waals surface area contributed by atoms with Crippen molar-refractivity contribution in [3.8, 4) is 5.82 Å². The Morgan fingerprint density at radius 3 is 2.80 bits per heavy atom. The minimum Gasteiger partial charge on any atom is -0.383 e. The van der Waals surface area contributed by atoms with Gasteiger partial charge in [-0.25, -0.2) is 29.2 Å². The minimum atomic E-state index is -0.153. The van der Waals surface area contributed by atoms with Gasteiger partial charge in [-0.3, -0.25) is 4.79 Å². The van der Waals surface area contributed by atoms with Gasteiger partial charge in [0.1, 0.15) is 39.8 Å². The van der Waals surface area contributed by atoms with Crippen LogP contribution in [0.3, 0.4) is 0 Å². The topological polar surface area (TPSA) is 117 Å². The van der Waals surface area contributed by atoms with Gasteiger partial charge in [0, 0.05) is 6.20 Å². The molecule has 30 heavy (non-hydrogen) atoms. The smallest absolute Gasteiger partial charge is 0.268 e. The summed E-state index contributed by atoms with van der Waals surface area (Å²) in [6.45, 7) is 4.03. The molecule has 0 saturated heterocycles. The van der Waals surface area contributed by atoms with Crippen LogP contribution in [-0.2, 0) is 6.54 Å². The number of fused-ring (bicyclic) bond motifs is 2. The number of nitrogens with zero attached hydrogens (tertiary/aromatic N) is 7. The summed E-state index contributed by atoms with van der Waals surface area (Å²) in [5.41, 5.74) is 8.16. The van der Waals surface area contributed by atoms with Gasteiger partial charge in [-0.1, -0.05) is 6.07 Å². The van der Waals surface area contributed by atoms with Crippen molar-refractivity contribution in [1.82, 2.24) is 34.3 Å². The molecule has 2 N–H and O–H groups in total. The second-order valence-electron chi connectivity index (χ2n) is 6.82. The predicted molar refractivity (Wildman–Crippen MR) is 119 cm³/mol. The molecule has 0 aromatic carbocycles. The molecule has 5 aromatic rings. The lowest BCUT2D eigenvalue weighted by atomic mass is 10.2. The molecule has 0 bridgehead atoms. The van der Waals surface area contributed by atoms with Gasteiger partial charge in [-0.15, -0.1) is 11.3 Å². The molecule has 5 aromatic heterocycles. The van der Waals surface area contributed by atoms with Gasteiger partial charge in [-0.05, 0) is 52.4 Å². The molecule has 0 fully saturated rings. The number of nitrogen functional groups attached to an aromatic ring is 1. The molecule has 9 nitrogen and oxygen atoms in total. The Kier molecular flexibility index (Phi) is 4.36. The first-order chi connectivity index (χ1) is 14.5. The Hall–Kier alpha value is -3.18. The van der Waals surface area contributed by atoms with Gasteiger partial charge >= 0.3 is 0 Å². The monoisotopic (exact) mass is 482 g/mol. The third kappa shape index (κ3) is 2.81. The summed E-state index contributed by atoms with van der Waals surface area (Å²) < 4.78 is 3.75. The van der Waals surface area contributed by atoms with E-state index in [-0.39, 0.29) is 12.1 Å². The third-order valence-corrected chi connectivity index (χ3v) is 6.41. The highest BCUT2D eigenvalue weighted by Crippen LogP contribution is 2.27. The van der Waals surface area contributed by atoms with Crippen molar-refractivity contribution >= 4 is 54.3 Å². The number of rotatable bonds is 3. The Balaban J connectivity index is 1.80. The highest BCUT2D eigenvalue weighted by Gasteiger charge is 2.20. The van der Waals surface area contributed by atoms with E-state index in [1.807, 2.05) is 31.4 Å². The molecule has 0 unspecified atom stereocenters. The second kappa shape index (κ2) is 6.96. The zero-order chi connectivity index (χ0) is 21.0. The number of aromatic nitrogens is 7. The van der Waals surface area contributed by atoms with Crippen LogP contribution in [0.15, 0.2) is 39.4 Å². The first-order valence-corrected chi connectivity index (χ1v) is 10.7. The minimum absolute atomic E-state index is 0.153. The van der Waals surface area contributed by atoms with E-state index in [2.05, 4.69) is 36.0 Å². The Morgan fingerprint density at radius 2 is 2.00 bits per heavy atom. The van der Waals surface area contributed by atoms with Crippen LogP contribution in [0.1, 0.15) is 17.0 Å². The largest absolute Gasteiger partial charge is 0.383 e. The van der Waals surface area contributed by atoms with Crippen LogP contribution in [0.5, 0.6) is 0 Å². The zero-order valence-corrected chi connectivity index (χ0v) is 18.4. The summed E-state index contributed by atoms with van der Waals surface area (Å²) in [5, 5.41) is 7.66. The molecule has 0 spiro atoms. The fourth-order valence-electron chi connectivity index (χ4n) is 3.44. The third-order valence-electron chi connectivity index (χ3n) is 4.86. The summed E-state index contributed by atoms with van der Waals surface area (Å²) >= 11 is 4.87. The average molecular weight is 483 g/mol. The van der Waals surface area contributed by atoms with Crippen LogP contribution in [0.4, 0.5) is 5.82 Å². The molecule has 5 rings (SSSR count). The number of pyridine rings is 1. The Morgan fingerprint density at radius 1 is 1.17 bits per heavy atom. The number of aryl methyl sites for hydroxylation is 2. The summed E-state index contributed by atoms with van der Waals surface area (Å²) in [5.74, 6) is 1.38. The van der Waals surface area contributed by atoms with Gasteiger partial charge in [-0.2, -0.15) is 5.10 Å². The fraction of sp³-hybridized carbons (Fsp3) is 0.158. The zero-order valence-electron chi connectivity index (χ0n) is 16.0. The van der Waals surface area contributed by atoms with Crippen LogP contribution in [0.2, 0.25) is 0 Å². The number of nitrogens with two attached hydrogens (primary N) is 1. The molecule has 0 aliphatic carbocycles. The first-order valence-electron chi connectivity index (χ1n) is 9.00. The van der Waals surface area contributed by atoms with E-state index >= 15 is 0 Å². The van der Waals surface area contributed by atoms with Crippen molar-refractivity contribution in [1.29, 1.82) is 0 Å². The highest BCUT2D eigenvalue weighted by molar-refractivity contribution is 9.10. The summed E-state index contributed by atoms with van der Waals surface area (Å²) in [7, 11) is 0. The van der Waals surface area contributed by atoms with Crippen molar-refractivity contribution in [2.75, 3.05) is 5.73 Å². The molecule has 0 saturated carbocycles. The number of anilines is 1. The van der Waals surface area contributed by atoms with Crippen molar-refractivity contribution in [3.63, 3.8) is 0 Å². The van der Waals surface area contributed by atoms with Crippen LogP contribution in [-0.4, -0.2) is 34.3 Å². The quantitative estimate of drug-likeness (QED) is 0.419. The molecular weight excluding hydrogens is 468 g/mol. The Bertz CT molecular complexity index is 1500. The highest BCUT2D eigenvalue weighted by atomic mass is 79.9. The predicted octanol–water partition coefficient (Wildman–Crippen LogP) is 2.99. The summed E-state index contributed by atoms with van der Waals surface area (Å²) in [6, 6.07) is 3.75. The van der Waals surface area contributed by atoms with Gasteiger partial charge in [0.15, 0.2) is 5.65 Å². The van der Waals surface area contributed by atoms with Crippen LogP contribution in [0, 0.1) is 13.8 Å². The molecule has 0 atom stereocenters. The lowest BCUT2D eigenvalue weighted by molar-refractivity contribution is 0.642. The van der Waals surface area contributed by atoms with Crippen molar-refractivity contribution in [2.45, 2.75) is 20.4 Å². The van der Waals surface area contributed by atoms with Crippen molar-refractivity contribution in [2.24, 2.45) is 0 Å². The Labute approximate surface area is 182 Å². The molecule has 5 heterocycles. The number of hydrogen-bond donors (Lipinski definition) is 1. The number of halogens is 1. The van der Waals surface area contributed by atoms with Crippen molar-refractivity contribution < 1.29 is 0 Å². The number of thiophene rings is 1. The van der Waals surface area contributed by atoms with Crippen LogP contribution >= 0.6 is 27.3 Å². The van der Waals surface area contributed by atoms with Crippen LogP contribution in [0.25, 0.3) is 27.1 Å². The summed E-state index contributed by atoms with van der Waals surface area (Å²) in [6.07, 6.45) is 3.05. The van der Waals surface area contributed by atoms with Gasteiger partial charge in [0.05, 0.1) is 10.8 Å². The van der Waals surface area contributed by atoms with Crippen molar-refractivity contribution in [3.05, 3.63) is 61.9 Å². The first kappa shape index (κ1) is 18.8. The van der Waals surface area contributed by atoms with Gasteiger partial charge < -0.3 is 5.73 Å². The maximum absolute atomic E-state index is 13.5. The van der Waals surface area contributed by atoms with E-state index in [9.17, 15) is 4.79 Å². The van der Waals surface area contributed by atoms with Gasteiger partial charge in [0.25, 0.3) is 5.56 Å². The van der Waals surface area contributed by atoms with E-state index in [0.717, 1.165) is 11.1 Å². The molecule has 0 aliphatic heterocycles. The molecule has 0 radical (unpaired) electrons. The normalized spacial score (nSPS) is 11.6. The number of hydrogen-bond acceptors (Lipinski definition) is 8. The molecule has 0 aliphatic rings. The van der Waals surface area contributed by atoms with E-state index in [4.69, 9.17) is 10.7 Å². The molecule has 11 heteroatoms. The molecule has 150 valence electrons. The molecular formula is C19H15BrN8OS. The average Bonchev–Trinajstić information content (AvgIpc) is 3.24. The van der Waals surface area contributed by atoms with E-state index in [1.54, 1.807) is 15.4 Å². The SMILES string of the molecule is Cc1cccnc1-n1c(Cn2nc(Br)c3c(N)ncnc32)nc2scc(C)c2c1=O. The fourth-order valence-corrected chi connectivity index (χ4v) is 4.94. The molecule has 0 amide bonds.